The highest BCUT2D eigenvalue weighted by molar-refractivity contribution is 6.30. The molecule has 0 aromatic heterocycles. The van der Waals surface area contributed by atoms with E-state index in [9.17, 15) is 9.59 Å². The molecular weight excluding hydrogens is 214 g/mol. The number of aryl methyl sites for hydroxylation is 1. The lowest BCUT2D eigenvalue weighted by Gasteiger charge is -2.18. The minimum Gasteiger partial charge on any atom is -0.269 e. The third-order valence-electron chi connectivity index (χ3n) is 2.85. The Morgan fingerprint density at radius 2 is 1.88 bits per heavy atom. The van der Waals surface area contributed by atoms with Crippen LogP contribution in [0.4, 0.5) is 5.69 Å². The van der Waals surface area contributed by atoms with Gasteiger partial charge in [-0.2, -0.15) is 0 Å². The van der Waals surface area contributed by atoms with E-state index in [1.54, 1.807) is 6.92 Å². The molecule has 0 radical (unpaired) electrons. The van der Waals surface area contributed by atoms with Crippen LogP contribution in [0.15, 0.2) is 35.9 Å². The van der Waals surface area contributed by atoms with Gasteiger partial charge in [0.2, 0.25) is 0 Å². The Kier molecular flexibility index (Phi) is 3.09. The van der Waals surface area contributed by atoms with Crippen molar-refractivity contribution in [2.45, 2.75) is 26.7 Å². The molecule has 1 aliphatic rings. The molecule has 1 aromatic carbocycles. The smallest absolute Gasteiger partial charge is 0.261 e. The third-order valence-corrected chi connectivity index (χ3v) is 2.85. The predicted molar refractivity (Wildman–Crippen MR) is 66.7 cm³/mol. The number of hydrogen-bond acceptors (Lipinski definition) is 2. The van der Waals surface area contributed by atoms with Crippen LogP contribution in [0.25, 0.3) is 0 Å². The summed E-state index contributed by atoms with van der Waals surface area (Å²) in [5.74, 6) is -0.449. The van der Waals surface area contributed by atoms with Crippen molar-refractivity contribution in [3.8, 4) is 0 Å². The number of nitrogens with zero attached hydrogens (tertiary/aromatic N) is 1. The van der Waals surface area contributed by atoms with Gasteiger partial charge in [0.25, 0.3) is 11.8 Å². The lowest BCUT2D eigenvalue weighted by molar-refractivity contribution is -0.120. The first-order valence-corrected chi connectivity index (χ1v) is 5.79. The van der Waals surface area contributed by atoms with E-state index >= 15 is 0 Å². The molecule has 0 atom stereocenters. The van der Waals surface area contributed by atoms with Crippen molar-refractivity contribution in [3.05, 3.63) is 41.5 Å². The number of hydrogen-bond donors (Lipinski definition) is 0. The summed E-state index contributed by atoms with van der Waals surface area (Å²) in [6.45, 7) is 3.75. The lowest BCUT2D eigenvalue weighted by atomic mass is 10.1. The van der Waals surface area contributed by atoms with Crippen molar-refractivity contribution in [3.63, 3.8) is 0 Å². The van der Waals surface area contributed by atoms with Crippen LogP contribution in [0.3, 0.4) is 0 Å². The number of benzene rings is 1. The molecule has 0 saturated carbocycles. The molecule has 1 heterocycles. The third kappa shape index (κ3) is 2.00. The van der Waals surface area contributed by atoms with E-state index in [1.807, 2.05) is 24.3 Å². The van der Waals surface area contributed by atoms with E-state index in [0.29, 0.717) is 5.57 Å². The van der Waals surface area contributed by atoms with Crippen LogP contribution in [0.1, 0.15) is 25.8 Å². The predicted octanol–water partition coefficient (Wildman–Crippen LogP) is 2.46. The summed E-state index contributed by atoms with van der Waals surface area (Å²) in [7, 11) is 0. The van der Waals surface area contributed by atoms with Gasteiger partial charge in [-0.15, -0.1) is 0 Å². The molecule has 3 nitrogen and oxygen atoms in total. The fraction of sp³-hybridized carbons (Fsp3) is 0.286. The van der Waals surface area contributed by atoms with E-state index in [2.05, 4.69) is 6.92 Å². The minimum absolute atomic E-state index is 0.210. The summed E-state index contributed by atoms with van der Waals surface area (Å²) in [6, 6.07) is 7.57. The van der Waals surface area contributed by atoms with Crippen molar-refractivity contribution >= 4 is 17.5 Å². The van der Waals surface area contributed by atoms with Gasteiger partial charge >= 0.3 is 0 Å². The Bertz CT molecular complexity index is 503. The fourth-order valence-corrected chi connectivity index (χ4v) is 2.03. The number of imide groups is 1. The molecule has 0 fully saturated rings. The van der Waals surface area contributed by atoms with Gasteiger partial charge in [-0.05, 0) is 25.0 Å². The summed E-state index contributed by atoms with van der Waals surface area (Å²) < 4.78 is 0. The Balaban J connectivity index is 2.42. The van der Waals surface area contributed by atoms with Crippen LogP contribution in [-0.4, -0.2) is 11.8 Å². The molecule has 0 spiro atoms. The number of rotatable bonds is 3. The maximum Gasteiger partial charge on any atom is 0.261 e. The second kappa shape index (κ2) is 4.53. The summed E-state index contributed by atoms with van der Waals surface area (Å²) in [5.41, 5.74) is 2.26. The maximum atomic E-state index is 11.9. The Hall–Kier alpha value is -1.90. The Morgan fingerprint density at radius 3 is 2.47 bits per heavy atom. The van der Waals surface area contributed by atoms with Gasteiger partial charge in [0.1, 0.15) is 0 Å². The van der Waals surface area contributed by atoms with Crippen LogP contribution >= 0.6 is 0 Å². The van der Waals surface area contributed by atoms with Crippen molar-refractivity contribution in [2.24, 2.45) is 0 Å². The highest BCUT2D eigenvalue weighted by Crippen LogP contribution is 2.26. The first-order valence-electron chi connectivity index (χ1n) is 5.79. The zero-order valence-corrected chi connectivity index (χ0v) is 10.1. The second-order valence-electron chi connectivity index (χ2n) is 4.18. The van der Waals surface area contributed by atoms with Gasteiger partial charge in [-0.3, -0.25) is 9.59 Å². The topological polar surface area (TPSA) is 37.4 Å². The summed E-state index contributed by atoms with van der Waals surface area (Å²) in [4.78, 5) is 25.0. The second-order valence-corrected chi connectivity index (χ2v) is 4.18. The molecule has 2 rings (SSSR count). The first kappa shape index (κ1) is 11.6. The van der Waals surface area contributed by atoms with E-state index in [-0.39, 0.29) is 11.8 Å². The Labute approximate surface area is 101 Å². The molecule has 0 aliphatic carbocycles. The average Bonchev–Trinajstić information content (AvgIpc) is 2.55. The number of amides is 2. The van der Waals surface area contributed by atoms with Crippen molar-refractivity contribution in [1.29, 1.82) is 0 Å². The van der Waals surface area contributed by atoms with E-state index in [4.69, 9.17) is 0 Å². The number of carbonyl (C=O) groups is 2. The van der Waals surface area contributed by atoms with Crippen molar-refractivity contribution < 1.29 is 9.59 Å². The van der Waals surface area contributed by atoms with Crippen LogP contribution in [-0.2, 0) is 16.0 Å². The quantitative estimate of drug-likeness (QED) is 0.747. The molecule has 17 heavy (non-hydrogen) atoms. The van der Waals surface area contributed by atoms with Crippen LogP contribution in [0.5, 0.6) is 0 Å². The van der Waals surface area contributed by atoms with Gasteiger partial charge < -0.3 is 0 Å². The van der Waals surface area contributed by atoms with Gasteiger partial charge in [-0.1, -0.05) is 31.5 Å². The molecule has 3 heteroatoms. The number of carbonyl (C=O) groups excluding carboxylic acids is 2. The minimum atomic E-state index is -0.240. The van der Waals surface area contributed by atoms with Crippen LogP contribution in [0.2, 0.25) is 0 Å². The average molecular weight is 229 g/mol. The van der Waals surface area contributed by atoms with Gasteiger partial charge in [0.05, 0.1) is 5.69 Å². The van der Waals surface area contributed by atoms with E-state index in [1.165, 1.54) is 11.0 Å². The van der Waals surface area contributed by atoms with Crippen LogP contribution in [0, 0.1) is 0 Å². The summed E-state index contributed by atoms with van der Waals surface area (Å²) in [5, 5.41) is 0. The summed E-state index contributed by atoms with van der Waals surface area (Å²) in [6.07, 6.45) is 3.25. The fourth-order valence-electron chi connectivity index (χ4n) is 2.03. The number of para-hydroxylation sites is 1. The van der Waals surface area contributed by atoms with Crippen molar-refractivity contribution in [2.75, 3.05) is 4.90 Å². The highest BCUT2D eigenvalue weighted by Gasteiger charge is 2.30. The summed E-state index contributed by atoms with van der Waals surface area (Å²) >= 11 is 0. The SMILES string of the molecule is CCCc1ccccc1N1C(=O)C=C(C)C1=O. The molecule has 1 aliphatic heterocycles. The lowest BCUT2D eigenvalue weighted by Crippen LogP contribution is -2.31. The maximum absolute atomic E-state index is 11.9. The molecule has 1 aromatic rings. The molecule has 2 amide bonds. The Morgan fingerprint density at radius 1 is 1.18 bits per heavy atom. The normalized spacial score (nSPS) is 15.4. The monoisotopic (exact) mass is 229 g/mol. The van der Waals surface area contributed by atoms with E-state index in [0.717, 1.165) is 24.1 Å². The van der Waals surface area contributed by atoms with Gasteiger partial charge in [0, 0.05) is 11.6 Å². The standard InChI is InChI=1S/C14H15NO2/c1-3-6-11-7-4-5-8-12(11)15-13(16)9-10(2)14(15)17/h4-5,7-9H,3,6H2,1-2H3. The van der Waals surface area contributed by atoms with Crippen molar-refractivity contribution in [1.82, 2.24) is 0 Å². The number of anilines is 1. The zero-order valence-electron chi connectivity index (χ0n) is 10.1. The molecule has 0 N–H and O–H groups in total. The first-order chi connectivity index (χ1) is 8.15. The molecule has 0 saturated heterocycles. The molecular formula is C14H15NO2. The molecule has 0 bridgehead atoms. The zero-order chi connectivity index (χ0) is 12.4. The van der Waals surface area contributed by atoms with Gasteiger partial charge in [0.15, 0.2) is 0 Å². The molecule has 0 unspecified atom stereocenters. The largest absolute Gasteiger partial charge is 0.269 e. The van der Waals surface area contributed by atoms with Crippen LogP contribution < -0.4 is 4.90 Å². The van der Waals surface area contributed by atoms with Gasteiger partial charge in [-0.25, -0.2) is 4.90 Å². The van der Waals surface area contributed by atoms with E-state index < -0.39 is 0 Å². The highest BCUT2D eigenvalue weighted by atomic mass is 16.2. The molecule has 88 valence electrons.